The molecule has 0 bridgehead atoms. The van der Waals surface area contributed by atoms with Gasteiger partial charge in [-0.3, -0.25) is 4.79 Å². The molecule has 2 aromatic carbocycles. The molecule has 5 heteroatoms. The standard InChI is InChI=1S/C19H18ClN3O/c1-12-5-4-6-16(9-12)23-14(3)17(11-21-23)19(24)22-15-8-7-13(2)18(20)10-15/h4-11H,1-3H3,(H,22,24). The van der Waals surface area contributed by atoms with Crippen LogP contribution < -0.4 is 5.32 Å². The molecule has 1 amide bonds. The lowest BCUT2D eigenvalue weighted by Gasteiger charge is -2.08. The maximum Gasteiger partial charge on any atom is 0.259 e. The molecule has 24 heavy (non-hydrogen) atoms. The van der Waals surface area contributed by atoms with Crippen molar-refractivity contribution in [2.24, 2.45) is 0 Å². The molecule has 3 rings (SSSR count). The van der Waals surface area contributed by atoms with Crippen LogP contribution in [0, 0.1) is 20.8 Å². The van der Waals surface area contributed by atoms with Gasteiger partial charge in [-0.2, -0.15) is 5.10 Å². The number of amides is 1. The van der Waals surface area contributed by atoms with Crippen molar-refractivity contribution in [3.8, 4) is 5.69 Å². The highest BCUT2D eigenvalue weighted by molar-refractivity contribution is 6.31. The monoisotopic (exact) mass is 339 g/mol. The molecule has 1 N–H and O–H groups in total. The summed E-state index contributed by atoms with van der Waals surface area (Å²) >= 11 is 6.11. The van der Waals surface area contributed by atoms with Crippen LogP contribution in [0.15, 0.2) is 48.7 Å². The van der Waals surface area contributed by atoms with Crippen LogP contribution in [-0.4, -0.2) is 15.7 Å². The molecule has 3 aromatic rings. The third-order valence-electron chi connectivity index (χ3n) is 3.93. The highest BCUT2D eigenvalue weighted by atomic mass is 35.5. The van der Waals surface area contributed by atoms with Crippen LogP contribution in [0.25, 0.3) is 5.69 Å². The fourth-order valence-electron chi connectivity index (χ4n) is 2.52. The number of aromatic nitrogens is 2. The summed E-state index contributed by atoms with van der Waals surface area (Å²) in [5, 5.41) is 7.84. The second-order valence-electron chi connectivity index (χ2n) is 5.81. The van der Waals surface area contributed by atoms with Crippen LogP contribution in [0.2, 0.25) is 5.02 Å². The Bertz CT molecular complexity index is 915. The molecule has 0 saturated carbocycles. The van der Waals surface area contributed by atoms with E-state index in [2.05, 4.69) is 10.4 Å². The van der Waals surface area contributed by atoms with E-state index in [4.69, 9.17) is 11.6 Å². The molecule has 1 heterocycles. The Morgan fingerprint density at radius 1 is 1.12 bits per heavy atom. The number of nitrogens with one attached hydrogen (secondary N) is 1. The van der Waals surface area contributed by atoms with Crippen molar-refractivity contribution in [3.05, 3.63) is 76.1 Å². The van der Waals surface area contributed by atoms with E-state index < -0.39 is 0 Å². The Hall–Kier alpha value is -2.59. The minimum atomic E-state index is -0.202. The average Bonchev–Trinajstić information content (AvgIpc) is 2.93. The van der Waals surface area contributed by atoms with Crippen molar-refractivity contribution < 1.29 is 4.79 Å². The number of nitrogens with zero attached hydrogens (tertiary/aromatic N) is 2. The number of aryl methyl sites for hydroxylation is 2. The molecule has 122 valence electrons. The number of rotatable bonds is 3. The molecule has 1 aromatic heterocycles. The van der Waals surface area contributed by atoms with Gasteiger partial charge in [0.25, 0.3) is 5.91 Å². The van der Waals surface area contributed by atoms with E-state index in [1.54, 1.807) is 16.9 Å². The summed E-state index contributed by atoms with van der Waals surface area (Å²) in [4.78, 5) is 12.5. The Labute approximate surface area is 146 Å². The molecular weight excluding hydrogens is 322 g/mol. The summed E-state index contributed by atoms with van der Waals surface area (Å²) in [5.74, 6) is -0.202. The van der Waals surface area contributed by atoms with E-state index in [0.717, 1.165) is 22.5 Å². The van der Waals surface area contributed by atoms with Gasteiger partial charge in [0.05, 0.1) is 23.1 Å². The molecule has 4 nitrogen and oxygen atoms in total. The smallest absolute Gasteiger partial charge is 0.259 e. The first kappa shape index (κ1) is 16.3. The zero-order valence-electron chi connectivity index (χ0n) is 13.8. The van der Waals surface area contributed by atoms with E-state index in [9.17, 15) is 4.79 Å². The van der Waals surface area contributed by atoms with Crippen molar-refractivity contribution in [1.29, 1.82) is 0 Å². The number of hydrogen-bond acceptors (Lipinski definition) is 2. The van der Waals surface area contributed by atoms with Gasteiger partial charge in [-0.05, 0) is 56.2 Å². The first-order valence-corrected chi connectivity index (χ1v) is 8.02. The second-order valence-corrected chi connectivity index (χ2v) is 6.22. The van der Waals surface area contributed by atoms with Crippen molar-refractivity contribution >= 4 is 23.2 Å². The number of carbonyl (C=O) groups is 1. The second kappa shape index (κ2) is 6.49. The van der Waals surface area contributed by atoms with Gasteiger partial charge in [-0.25, -0.2) is 4.68 Å². The Kier molecular flexibility index (Phi) is 4.40. The van der Waals surface area contributed by atoms with Crippen LogP contribution in [0.4, 0.5) is 5.69 Å². The normalized spacial score (nSPS) is 10.7. The predicted octanol–water partition coefficient (Wildman–Crippen LogP) is 4.70. The van der Waals surface area contributed by atoms with Crippen LogP contribution >= 0.6 is 11.6 Å². The molecule has 0 saturated heterocycles. The van der Waals surface area contributed by atoms with Gasteiger partial charge in [0.15, 0.2) is 0 Å². The maximum atomic E-state index is 12.5. The van der Waals surface area contributed by atoms with Crippen molar-refractivity contribution in [2.75, 3.05) is 5.32 Å². The fourth-order valence-corrected chi connectivity index (χ4v) is 2.70. The van der Waals surface area contributed by atoms with Gasteiger partial charge in [-0.1, -0.05) is 29.8 Å². The molecule has 0 aliphatic heterocycles. The van der Waals surface area contributed by atoms with Gasteiger partial charge in [0.2, 0.25) is 0 Å². The van der Waals surface area contributed by atoms with Gasteiger partial charge in [-0.15, -0.1) is 0 Å². The van der Waals surface area contributed by atoms with Crippen molar-refractivity contribution in [3.63, 3.8) is 0 Å². The van der Waals surface area contributed by atoms with Gasteiger partial charge in [0.1, 0.15) is 0 Å². The van der Waals surface area contributed by atoms with Gasteiger partial charge < -0.3 is 5.32 Å². The molecule has 0 atom stereocenters. The summed E-state index contributed by atoms with van der Waals surface area (Å²) in [6.07, 6.45) is 1.59. The van der Waals surface area contributed by atoms with Crippen LogP contribution in [0.5, 0.6) is 0 Å². The van der Waals surface area contributed by atoms with Crippen molar-refractivity contribution in [1.82, 2.24) is 9.78 Å². The Morgan fingerprint density at radius 2 is 1.92 bits per heavy atom. The Balaban J connectivity index is 1.87. The first-order valence-electron chi connectivity index (χ1n) is 7.65. The summed E-state index contributed by atoms with van der Waals surface area (Å²) in [6, 6.07) is 13.4. The van der Waals surface area contributed by atoms with Gasteiger partial charge >= 0.3 is 0 Å². The summed E-state index contributed by atoms with van der Waals surface area (Å²) in [6.45, 7) is 5.83. The lowest BCUT2D eigenvalue weighted by Crippen LogP contribution is -2.13. The highest BCUT2D eigenvalue weighted by Gasteiger charge is 2.15. The summed E-state index contributed by atoms with van der Waals surface area (Å²) in [7, 11) is 0. The average molecular weight is 340 g/mol. The molecule has 0 aliphatic rings. The topological polar surface area (TPSA) is 46.9 Å². The quantitative estimate of drug-likeness (QED) is 0.751. The van der Waals surface area contributed by atoms with E-state index >= 15 is 0 Å². The number of benzene rings is 2. The van der Waals surface area contributed by atoms with E-state index in [0.29, 0.717) is 16.3 Å². The van der Waals surface area contributed by atoms with Crippen LogP contribution in [0.3, 0.4) is 0 Å². The lowest BCUT2D eigenvalue weighted by molar-refractivity contribution is 0.102. The molecule has 0 radical (unpaired) electrons. The zero-order chi connectivity index (χ0) is 17.3. The minimum absolute atomic E-state index is 0.202. The van der Waals surface area contributed by atoms with Crippen LogP contribution in [0.1, 0.15) is 27.2 Å². The SMILES string of the molecule is Cc1cccc(-n2ncc(C(=O)Nc3ccc(C)c(Cl)c3)c2C)c1. The first-order chi connectivity index (χ1) is 11.5. The number of anilines is 1. The molecule has 0 fully saturated rings. The molecule has 0 spiro atoms. The summed E-state index contributed by atoms with van der Waals surface area (Å²) in [5.41, 5.74) is 5.04. The van der Waals surface area contributed by atoms with E-state index in [-0.39, 0.29) is 5.91 Å². The van der Waals surface area contributed by atoms with Gasteiger partial charge in [0, 0.05) is 10.7 Å². The van der Waals surface area contributed by atoms with E-state index in [1.165, 1.54) is 0 Å². The highest BCUT2D eigenvalue weighted by Crippen LogP contribution is 2.21. The fraction of sp³-hybridized carbons (Fsp3) is 0.158. The minimum Gasteiger partial charge on any atom is -0.322 e. The lowest BCUT2D eigenvalue weighted by atomic mass is 10.2. The third-order valence-corrected chi connectivity index (χ3v) is 4.34. The Morgan fingerprint density at radius 3 is 2.62 bits per heavy atom. The predicted molar refractivity (Wildman–Crippen MR) is 97.2 cm³/mol. The van der Waals surface area contributed by atoms with Crippen molar-refractivity contribution in [2.45, 2.75) is 20.8 Å². The van der Waals surface area contributed by atoms with E-state index in [1.807, 2.05) is 57.2 Å². The maximum absolute atomic E-state index is 12.5. The number of halogens is 1. The third kappa shape index (κ3) is 3.19. The number of carbonyl (C=O) groups excluding carboxylic acids is 1. The zero-order valence-corrected chi connectivity index (χ0v) is 14.6. The largest absolute Gasteiger partial charge is 0.322 e. The van der Waals surface area contributed by atoms with Crippen LogP contribution in [-0.2, 0) is 0 Å². The summed E-state index contributed by atoms with van der Waals surface area (Å²) < 4.78 is 1.77. The molecule has 0 unspecified atom stereocenters. The molecular formula is C19H18ClN3O. The number of hydrogen-bond donors (Lipinski definition) is 1. The molecule has 0 aliphatic carbocycles.